The summed E-state index contributed by atoms with van der Waals surface area (Å²) in [6, 6.07) is 31.8. The number of likely N-dealkylation sites (tertiary alicyclic amines) is 1. The number of aromatic nitrogens is 3. The molecule has 40 heavy (non-hydrogen) atoms. The maximum atomic E-state index is 11.6. The van der Waals surface area contributed by atoms with E-state index in [-0.39, 0.29) is 5.97 Å². The van der Waals surface area contributed by atoms with E-state index in [1.54, 1.807) is 11.6 Å². The van der Waals surface area contributed by atoms with Crippen molar-refractivity contribution in [2.45, 2.75) is 44.4 Å². The van der Waals surface area contributed by atoms with Gasteiger partial charge in [0.15, 0.2) is 0 Å². The van der Waals surface area contributed by atoms with Crippen LogP contribution in [0.2, 0.25) is 0 Å². The number of carbonyl (C=O) groups is 1. The molecule has 1 atom stereocenters. The minimum absolute atomic E-state index is 0.200. The van der Waals surface area contributed by atoms with Crippen LogP contribution in [0.15, 0.2) is 103 Å². The van der Waals surface area contributed by atoms with Gasteiger partial charge in [0.2, 0.25) is 0 Å². The fraction of sp³-hybridized carbons (Fsp3) is 0.303. The Bertz CT molecular complexity index is 1310. The van der Waals surface area contributed by atoms with Crippen LogP contribution in [0.5, 0.6) is 0 Å². The van der Waals surface area contributed by atoms with Gasteiger partial charge in [0.1, 0.15) is 5.69 Å². The predicted octanol–water partition coefficient (Wildman–Crippen LogP) is 5.06. The normalized spacial score (nSPS) is 17.1. The Morgan fingerprint density at radius 2 is 1.55 bits per heavy atom. The van der Waals surface area contributed by atoms with Gasteiger partial charge in [0.05, 0.1) is 24.4 Å². The fourth-order valence-electron chi connectivity index (χ4n) is 5.68. The Morgan fingerprint density at radius 1 is 0.975 bits per heavy atom. The van der Waals surface area contributed by atoms with Crippen LogP contribution in [0, 0.1) is 0 Å². The van der Waals surface area contributed by atoms with Crippen LogP contribution in [-0.4, -0.2) is 56.8 Å². The molecule has 2 heterocycles. The zero-order chi connectivity index (χ0) is 27.8. The lowest BCUT2D eigenvalue weighted by Crippen LogP contribution is -2.52. The van der Waals surface area contributed by atoms with Gasteiger partial charge in [-0.25, -0.2) is 0 Å². The molecule has 206 valence electrons. The smallest absolute Gasteiger partial charge is 0.305 e. The predicted molar refractivity (Wildman–Crippen MR) is 155 cm³/mol. The highest BCUT2D eigenvalue weighted by Crippen LogP contribution is 2.44. The van der Waals surface area contributed by atoms with E-state index in [0.717, 1.165) is 12.1 Å². The Balaban J connectivity index is 1.48. The lowest BCUT2D eigenvalue weighted by atomic mass is 9.74. The summed E-state index contributed by atoms with van der Waals surface area (Å²) in [4.78, 5) is 14.1. The summed E-state index contributed by atoms with van der Waals surface area (Å²) in [6.07, 6.45) is 4.83. The highest BCUT2D eigenvalue weighted by molar-refractivity contribution is 5.69. The molecule has 0 aliphatic carbocycles. The van der Waals surface area contributed by atoms with E-state index >= 15 is 0 Å². The summed E-state index contributed by atoms with van der Waals surface area (Å²) in [6.45, 7) is 4.05. The number of nitrogens with zero attached hydrogens (tertiary/aromatic N) is 4. The zero-order valence-electron chi connectivity index (χ0n) is 22.9. The molecule has 0 bridgehead atoms. The number of piperidine rings is 1. The first kappa shape index (κ1) is 27.5. The number of benzene rings is 3. The number of ether oxygens (including phenoxy) is 1. The minimum Gasteiger partial charge on any atom is -0.466 e. The molecule has 3 aromatic carbocycles. The average Bonchev–Trinajstić information content (AvgIpc) is 3.44. The third kappa shape index (κ3) is 5.91. The number of rotatable bonds is 10. The number of aliphatic hydroxyl groups excluding tert-OH is 1. The molecule has 0 spiro atoms. The molecule has 1 saturated heterocycles. The molecule has 1 N–H and O–H groups in total. The molecule has 1 fully saturated rings. The van der Waals surface area contributed by atoms with Crippen molar-refractivity contribution in [2.24, 2.45) is 0 Å². The van der Waals surface area contributed by atoms with Gasteiger partial charge in [-0.2, -0.15) is 0 Å². The standard InChI is InChI=1S/C33H36N4O3/c1-2-40-32(39)19-12-21-37-25-30(34-35-37)23-26-24-36(22-20-31(26)38)33(27-13-6-3-7-14-27,28-15-8-4-9-16-28)29-17-10-5-11-18-29/h3-11,13-18,23,25,31,38H,2,12,19-22,24H2,1H3. The third-order valence-electron chi connectivity index (χ3n) is 7.49. The van der Waals surface area contributed by atoms with Crippen molar-refractivity contribution >= 4 is 12.0 Å². The van der Waals surface area contributed by atoms with E-state index in [1.165, 1.54) is 16.7 Å². The van der Waals surface area contributed by atoms with Crippen molar-refractivity contribution in [3.05, 3.63) is 125 Å². The summed E-state index contributed by atoms with van der Waals surface area (Å²) >= 11 is 0. The van der Waals surface area contributed by atoms with Crippen LogP contribution < -0.4 is 0 Å². The molecule has 4 aromatic rings. The Labute approximate surface area is 235 Å². The molecule has 5 rings (SSSR count). The monoisotopic (exact) mass is 536 g/mol. The summed E-state index contributed by atoms with van der Waals surface area (Å²) in [5, 5.41) is 19.7. The maximum Gasteiger partial charge on any atom is 0.305 e. The molecule has 0 saturated carbocycles. The van der Waals surface area contributed by atoms with Crippen LogP contribution >= 0.6 is 0 Å². The van der Waals surface area contributed by atoms with E-state index in [2.05, 4.69) is 88.0 Å². The van der Waals surface area contributed by atoms with Crippen LogP contribution in [-0.2, 0) is 21.6 Å². The van der Waals surface area contributed by atoms with E-state index in [4.69, 9.17) is 4.74 Å². The lowest BCUT2D eigenvalue weighted by Gasteiger charge is -2.48. The van der Waals surface area contributed by atoms with E-state index < -0.39 is 11.6 Å². The third-order valence-corrected chi connectivity index (χ3v) is 7.49. The molecule has 1 aliphatic rings. The van der Waals surface area contributed by atoms with Gasteiger partial charge < -0.3 is 9.84 Å². The van der Waals surface area contributed by atoms with Gasteiger partial charge >= 0.3 is 5.97 Å². The maximum absolute atomic E-state index is 11.6. The summed E-state index contributed by atoms with van der Waals surface area (Å²) in [5.74, 6) is -0.200. The van der Waals surface area contributed by atoms with Crippen LogP contribution in [0.25, 0.3) is 6.08 Å². The van der Waals surface area contributed by atoms with Crippen LogP contribution in [0.3, 0.4) is 0 Å². The quantitative estimate of drug-likeness (QED) is 0.225. The second-order valence-electron chi connectivity index (χ2n) is 10.1. The van der Waals surface area contributed by atoms with Crippen molar-refractivity contribution in [3.63, 3.8) is 0 Å². The first-order valence-corrected chi connectivity index (χ1v) is 14.0. The van der Waals surface area contributed by atoms with E-state index in [9.17, 15) is 9.90 Å². The topological polar surface area (TPSA) is 80.5 Å². The van der Waals surface area contributed by atoms with Crippen molar-refractivity contribution in [1.29, 1.82) is 0 Å². The van der Waals surface area contributed by atoms with Crippen molar-refractivity contribution in [3.8, 4) is 0 Å². The zero-order valence-corrected chi connectivity index (χ0v) is 22.9. The number of esters is 1. The molecule has 7 heteroatoms. The molecule has 7 nitrogen and oxygen atoms in total. The van der Waals surface area contributed by atoms with Crippen LogP contribution in [0.1, 0.15) is 48.6 Å². The molecule has 1 aliphatic heterocycles. The van der Waals surface area contributed by atoms with Gasteiger partial charge in [0.25, 0.3) is 0 Å². The van der Waals surface area contributed by atoms with Gasteiger partial charge in [-0.15, -0.1) is 5.10 Å². The molecular weight excluding hydrogens is 500 g/mol. The summed E-state index contributed by atoms with van der Waals surface area (Å²) in [5.41, 5.74) is 4.57. The SMILES string of the molecule is CCOC(=O)CCCn1cc(C=C2CN(C(c3ccccc3)(c3ccccc3)c3ccccc3)CCC2O)nn1. The van der Waals surface area contributed by atoms with E-state index in [1.807, 2.05) is 30.5 Å². The van der Waals surface area contributed by atoms with Gasteiger partial charge in [-0.1, -0.05) is 96.2 Å². The van der Waals surface area contributed by atoms with Crippen molar-refractivity contribution in [1.82, 2.24) is 19.9 Å². The Morgan fingerprint density at radius 3 is 2.10 bits per heavy atom. The van der Waals surface area contributed by atoms with Gasteiger partial charge in [-0.05, 0) is 48.1 Å². The molecule has 1 unspecified atom stereocenters. The summed E-state index contributed by atoms with van der Waals surface area (Å²) < 4.78 is 6.74. The Kier molecular flexibility index (Phi) is 8.84. The second kappa shape index (κ2) is 12.9. The van der Waals surface area contributed by atoms with Crippen molar-refractivity contribution in [2.75, 3.05) is 19.7 Å². The summed E-state index contributed by atoms with van der Waals surface area (Å²) in [7, 11) is 0. The number of aliphatic hydroxyl groups is 1. The fourth-order valence-corrected chi connectivity index (χ4v) is 5.68. The first-order valence-electron chi connectivity index (χ1n) is 14.0. The molecule has 1 aromatic heterocycles. The largest absolute Gasteiger partial charge is 0.466 e. The Hall–Kier alpha value is -4.07. The molecule has 0 radical (unpaired) electrons. The second-order valence-corrected chi connectivity index (χ2v) is 10.1. The number of hydrogen-bond donors (Lipinski definition) is 1. The number of aryl methyl sites for hydroxylation is 1. The highest BCUT2D eigenvalue weighted by atomic mass is 16.5. The van der Waals surface area contributed by atoms with E-state index in [0.29, 0.717) is 44.7 Å². The highest BCUT2D eigenvalue weighted by Gasteiger charge is 2.44. The average molecular weight is 537 g/mol. The first-order chi connectivity index (χ1) is 19.6. The van der Waals surface area contributed by atoms with Gasteiger partial charge in [-0.3, -0.25) is 14.4 Å². The lowest BCUT2D eigenvalue weighted by molar-refractivity contribution is -0.143. The minimum atomic E-state index is -0.565. The van der Waals surface area contributed by atoms with Crippen LogP contribution in [0.4, 0.5) is 0 Å². The molecule has 0 amide bonds. The van der Waals surface area contributed by atoms with Gasteiger partial charge in [0, 0.05) is 26.1 Å². The number of carbonyl (C=O) groups excluding carboxylic acids is 1. The number of hydrogen-bond acceptors (Lipinski definition) is 6. The van der Waals surface area contributed by atoms with Crippen molar-refractivity contribution < 1.29 is 14.6 Å². The molecular formula is C33H36N4O3.